The molecule has 0 bridgehead atoms. The van der Waals surface area contributed by atoms with E-state index >= 15 is 0 Å². The lowest BCUT2D eigenvalue weighted by molar-refractivity contribution is 0.100. The highest BCUT2D eigenvalue weighted by Gasteiger charge is 2.34. The SMILES string of the molecule is O=C1c2cc3ccc4cc5c6ccccc6cc6ccc7c(Br)c(c2C(Br)=C(Br)C1Br)c3c4c7c65. The van der Waals surface area contributed by atoms with Crippen LogP contribution >= 0.6 is 63.7 Å². The number of allylic oxidation sites excluding steroid dienone is 1. The smallest absolute Gasteiger partial charge is 0.182 e. The zero-order valence-electron chi connectivity index (χ0n) is 17.8. The Morgan fingerprint density at radius 1 is 0.600 bits per heavy atom. The van der Waals surface area contributed by atoms with Gasteiger partial charge in [-0.1, -0.05) is 80.4 Å². The number of Topliss-reactive ketones (excluding diaryl/α,β-unsaturated/α-hetero) is 1. The standard InChI is InChI=1S/C30H12Br4O/c31-26-17-8-7-13-9-12-3-1-2-4-16(12)18-10-14-5-6-15-11-19-24(27(32)28(33)29(34)30(19)35)25(26)22(15)21(14)23(17)20(13)18/h1-11,29H. The van der Waals surface area contributed by atoms with Gasteiger partial charge in [0, 0.05) is 30.0 Å². The van der Waals surface area contributed by atoms with E-state index in [2.05, 4.69) is 130 Å². The van der Waals surface area contributed by atoms with Crippen molar-refractivity contribution in [3.05, 3.63) is 86.8 Å². The van der Waals surface area contributed by atoms with E-state index in [1.165, 1.54) is 53.9 Å². The maximum atomic E-state index is 13.4. The van der Waals surface area contributed by atoms with Crippen LogP contribution in [0.5, 0.6) is 0 Å². The summed E-state index contributed by atoms with van der Waals surface area (Å²) in [4.78, 5) is 13.0. The summed E-state index contributed by atoms with van der Waals surface area (Å²) < 4.78 is 2.76. The van der Waals surface area contributed by atoms with E-state index in [1.54, 1.807) is 0 Å². The molecule has 0 saturated heterocycles. The van der Waals surface area contributed by atoms with Crippen LogP contribution in [0.1, 0.15) is 15.9 Å². The molecule has 1 atom stereocenters. The van der Waals surface area contributed by atoms with Gasteiger partial charge < -0.3 is 0 Å². The summed E-state index contributed by atoms with van der Waals surface area (Å²) in [7, 11) is 0. The zero-order valence-corrected chi connectivity index (χ0v) is 24.2. The fourth-order valence-electron chi connectivity index (χ4n) is 6.11. The lowest BCUT2D eigenvalue weighted by Gasteiger charge is -2.26. The summed E-state index contributed by atoms with van der Waals surface area (Å²) in [6.45, 7) is 0. The molecule has 0 N–H and O–H groups in total. The lowest BCUT2D eigenvalue weighted by atomic mass is 9.82. The van der Waals surface area contributed by atoms with Gasteiger partial charge in [0.15, 0.2) is 5.78 Å². The summed E-state index contributed by atoms with van der Waals surface area (Å²) in [5.74, 6) is 0.0656. The third kappa shape index (κ3) is 2.51. The van der Waals surface area contributed by atoms with E-state index in [0.29, 0.717) is 0 Å². The van der Waals surface area contributed by atoms with Crippen LogP contribution in [-0.2, 0) is 0 Å². The minimum Gasteiger partial charge on any atom is -0.292 e. The maximum absolute atomic E-state index is 13.4. The monoisotopic (exact) mass is 704 g/mol. The molecule has 7 aromatic carbocycles. The fourth-order valence-corrected chi connectivity index (χ4v) is 8.66. The number of hydrogen-bond acceptors (Lipinski definition) is 1. The highest BCUT2D eigenvalue weighted by atomic mass is 79.9. The molecule has 1 nitrogen and oxygen atoms in total. The highest BCUT2D eigenvalue weighted by molar-refractivity contribution is 9.17. The highest BCUT2D eigenvalue weighted by Crippen LogP contribution is 2.53. The Balaban J connectivity index is 1.72. The number of hydrogen-bond donors (Lipinski definition) is 0. The fraction of sp³-hybridized carbons (Fsp3) is 0.0333. The van der Waals surface area contributed by atoms with Gasteiger partial charge >= 0.3 is 0 Å². The van der Waals surface area contributed by atoms with E-state index < -0.39 is 4.83 Å². The minimum atomic E-state index is -0.394. The summed E-state index contributed by atoms with van der Waals surface area (Å²) in [6, 6.07) is 24.2. The Morgan fingerprint density at radius 2 is 1.29 bits per heavy atom. The quantitative estimate of drug-likeness (QED) is 0.0871. The van der Waals surface area contributed by atoms with Crippen molar-refractivity contribution in [1.82, 2.24) is 0 Å². The first-order chi connectivity index (χ1) is 17.0. The van der Waals surface area contributed by atoms with Crippen molar-refractivity contribution >= 4 is 139 Å². The van der Waals surface area contributed by atoms with E-state index in [9.17, 15) is 4.79 Å². The van der Waals surface area contributed by atoms with Crippen molar-refractivity contribution in [3.63, 3.8) is 0 Å². The number of rotatable bonds is 0. The average Bonchev–Trinajstić information content (AvgIpc) is 2.88. The van der Waals surface area contributed by atoms with Crippen molar-refractivity contribution in [2.45, 2.75) is 4.83 Å². The Bertz CT molecular complexity index is 2120. The number of alkyl halides is 1. The number of ketones is 1. The number of carbonyl (C=O) groups is 1. The molecule has 1 aliphatic rings. The largest absolute Gasteiger partial charge is 0.292 e. The molecule has 0 aliphatic heterocycles. The molecule has 0 radical (unpaired) electrons. The number of halogens is 4. The molecule has 8 rings (SSSR count). The first-order valence-corrected chi connectivity index (χ1v) is 14.5. The van der Waals surface area contributed by atoms with Crippen molar-refractivity contribution < 1.29 is 4.79 Å². The molecule has 0 spiro atoms. The van der Waals surface area contributed by atoms with Gasteiger partial charge in [0.05, 0.1) is 0 Å². The van der Waals surface area contributed by atoms with Crippen molar-refractivity contribution in [2.75, 3.05) is 0 Å². The van der Waals surface area contributed by atoms with E-state index in [4.69, 9.17) is 0 Å². The normalized spacial score (nSPS) is 16.8. The molecule has 0 amide bonds. The van der Waals surface area contributed by atoms with Gasteiger partial charge in [-0.15, -0.1) is 0 Å². The van der Waals surface area contributed by atoms with Gasteiger partial charge in [0.1, 0.15) is 4.83 Å². The molecule has 1 aliphatic carbocycles. The van der Waals surface area contributed by atoms with E-state index in [1.807, 2.05) is 0 Å². The van der Waals surface area contributed by atoms with Crippen molar-refractivity contribution in [1.29, 1.82) is 0 Å². The van der Waals surface area contributed by atoms with Crippen LogP contribution in [0.15, 0.2) is 75.7 Å². The summed E-state index contributed by atoms with van der Waals surface area (Å²) in [6.07, 6.45) is 0. The lowest BCUT2D eigenvalue weighted by Crippen LogP contribution is -2.21. The van der Waals surface area contributed by atoms with Crippen LogP contribution < -0.4 is 0 Å². The summed E-state index contributed by atoms with van der Waals surface area (Å²) >= 11 is 15.1. The van der Waals surface area contributed by atoms with Gasteiger partial charge in [-0.05, 0) is 109 Å². The first-order valence-electron chi connectivity index (χ1n) is 11.2. The van der Waals surface area contributed by atoms with Gasteiger partial charge in [-0.2, -0.15) is 0 Å². The molecule has 0 saturated carbocycles. The van der Waals surface area contributed by atoms with Crippen LogP contribution in [0.2, 0.25) is 0 Å². The third-order valence-electron chi connectivity index (χ3n) is 7.56. The number of benzene rings is 7. The van der Waals surface area contributed by atoms with Gasteiger partial charge in [0.2, 0.25) is 0 Å². The molecule has 0 aromatic heterocycles. The van der Waals surface area contributed by atoms with Gasteiger partial charge in [-0.25, -0.2) is 0 Å². The number of carbonyl (C=O) groups excluding carboxylic acids is 1. The van der Waals surface area contributed by atoms with Crippen LogP contribution in [0.4, 0.5) is 0 Å². The van der Waals surface area contributed by atoms with E-state index in [0.717, 1.165) is 35.3 Å². The summed E-state index contributed by atoms with van der Waals surface area (Å²) in [5, 5.41) is 14.6. The van der Waals surface area contributed by atoms with Crippen LogP contribution in [0, 0.1) is 0 Å². The molecular formula is C30H12Br4O. The molecule has 0 fully saturated rings. The second kappa shape index (κ2) is 7.04. The van der Waals surface area contributed by atoms with Crippen LogP contribution in [-0.4, -0.2) is 10.6 Å². The van der Waals surface area contributed by atoms with Gasteiger partial charge in [0.25, 0.3) is 0 Å². The Hall–Kier alpha value is -2.05. The van der Waals surface area contributed by atoms with Crippen molar-refractivity contribution in [3.8, 4) is 0 Å². The molecule has 1 unspecified atom stereocenters. The average molecular weight is 708 g/mol. The Labute approximate surface area is 233 Å². The second-order valence-corrected chi connectivity index (χ2v) is 12.6. The van der Waals surface area contributed by atoms with Crippen LogP contribution in [0.25, 0.3) is 69.1 Å². The number of fused-ring (bicyclic) bond motifs is 4. The second-order valence-electron chi connectivity index (χ2n) is 9.25. The molecule has 0 heterocycles. The maximum Gasteiger partial charge on any atom is 0.182 e. The van der Waals surface area contributed by atoms with Crippen LogP contribution in [0.3, 0.4) is 0 Å². The van der Waals surface area contributed by atoms with Crippen molar-refractivity contribution in [2.24, 2.45) is 0 Å². The molecular weight excluding hydrogens is 696 g/mol. The predicted molar refractivity (Wildman–Crippen MR) is 163 cm³/mol. The molecule has 166 valence electrons. The van der Waals surface area contributed by atoms with E-state index in [-0.39, 0.29) is 5.78 Å². The van der Waals surface area contributed by atoms with Gasteiger partial charge in [-0.3, -0.25) is 4.79 Å². The molecule has 5 heteroatoms. The molecule has 35 heavy (non-hydrogen) atoms. The topological polar surface area (TPSA) is 17.1 Å². The summed E-state index contributed by atoms with van der Waals surface area (Å²) in [5.41, 5.74) is 1.68. The Kier molecular flexibility index (Phi) is 4.24. The minimum absolute atomic E-state index is 0.0656. The first kappa shape index (κ1) is 21.1. The predicted octanol–water partition coefficient (Wildman–Crippen LogP) is 10.7. The third-order valence-corrected chi connectivity index (χ3v) is 12.1. The zero-order chi connectivity index (χ0) is 23.7. The Morgan fingerprint density at radius 3 is 2.11 bits per heavy atom. The molecule has 7 aromatic rings.